The highest BCUT2D eigenvalue weighted by molar-refractivity contribution is 7.13. The predicted octanol–water partition coefficient (Wildman–Crippen LogP) is 2.31. The first kappa shape index (κ1) is 11.2. The Morgan fingerprint density at radius 1 is 1.41 bits per heavy atom. The number of hydrogen-bond acceptors (Lipinski definition) is 4. The van der Waals surface area contributed by atoms with Gasteiger partial charge in [0.05, 0.1) is 12.2 Å². The molecule has 0 aromatic carbocycles. The Morgan fingerprint density at radius 3 is 2.71 bits per heavy atom. The van der Waals surface area contributed by atoms with E-state index >= 15 is 0 Å². The monoisotopic (exact) mass is 252 g/mol. The molecule has 0 amide bonds. The Hall–Kier alpha value is -0.940. The molecule has 3 rings (SSSR count). The van der Waals surface area contributed by atoms with E-state index in [9.17, 15) is 9.90 Å². The number of likely N-dealkylation sites (tertiary alicyclic amines) is 1. The van der Waals surface area contributed by atoms with Crippen LogP contribution in [0, 0.1) is 0 Å². The second-order valence-electron chi connectivity index (χ2n) is 4.88. The molecule has 92 valence electrons. The summed E-state index contributed by atoms with van der Waals surface area (Å²) in [7, 11) is 0. The van der Waals surface area contributed by atoms with Crippen LogP contribution in [0.4, 0.5) is 0 Å². The third-order valence-electron chi connectivity index (χ3n) is 3.41. The summed E-state index contributed by atoms with van der Waals surface area (Å²) in [6.45, 7) is 3.08. The van der Waals surface area contributed by atoms with E-state index in [2.05, 4.69) is 9.88 Å². The van der Waals surface area contributed by atoms with Crippen LogP contribution in [0.1, 0.15) is 52.0 Å². The average Bonchev–Trinajstić information content (AvgIpc) is 2.86. The fourth-order valence-electron chi connectivity index (χ4n) is 2.36. The van der Waals surface area contributed by atoms with Crippen molar-refractivity contribution in [3.63, 3.8) is 0 Å². The van der Waals surface area contributed by atoms with E-state index in [-0.39, 0.29) is 0 Å². The van der Waals surface area contributed by atoms with Crippen LogP contribution in [0.3, 0.4) is 0 Å². The average molecular weight is 252 g/mol. The summed E-state index contributed by atoms with van der Waals surface area (Å²) in [5.41, 5.74) is 0.844. The van der Waals surface area contributed by atoms with E-state index in [1.54, 1.807) is 0 Å². The van der Waals surface area contributed by atoms with Crippen molar-refractivity contribution in [2.75, 3.05) is 13.1 Å². The van der Waals surface area contributed by atoms with Gasteiger partial charge in [-0.2, -0.15) is 0 Å². The molecule has 0 atom stereocenters. The van der Waals surface area contributed by atoms with Gasteiger partial charge < -0.3 is 5.11 Å². The third-order valence-corrected chi connectivity index (χ3v) is 4.46. The Bertz CT molecular complexity index is 434. The van der Waals surface area contributed by atoms with Crippen molar-refractivity contribution in [1.82, 2.24) is 9.88 Å². The maximum atomic E-state index is 11.2. The maximum absolute atomic E-state index is 11.2. The molecule has 4 nitrogen and oxygen atoms in total. The van der Waals surface area contributed by atoms with Gasteiger partial charge in [0.25, 0.3) is 0 Å². The first-order valence-corrected chi connectivity index (χ1v) is 7.01. The fraction of sp³-hybridized carbons (Fsp3) is 0.667. The molecule has 1 saturated heterocycles. The first-order chi connectivity index (χ1) is 8.24. The summed E-state index contributed by atoms with van der Waals surface area (Å²) in [5, 5.41) is 10.2. The normalized spacial score (nSPS) is 20.9. The first-order valence-electron chi connectivity index (χ1n) is 6.19. The molecule has 0 unspecified atom stereocenters. The molecular formula is C12H16N2O2S. The highest BCUT2D eigenvalue weighted by Crippen LogP contribution is 2.42. The lowest BCUT2D eigenvalue weighted by molar-refractivity contribution is 0.0700. The quantitative estimate of drug-likeness (QED) is 0.893. The van der Waals surface area contributed by atoms with E-state index in [0.29, 0.717) is 10.8 Å². The molecule has 1 N–H and O–H groups in total. The summed E-state index contributed by atoms with van der Waals surface area (Å²) in [6.07, 6.45) is 4.72. The SMILES string of the molecule is O=C(O)c1sc(CN2CCCC2)nc1C1CC1. The van der Waals surface area contributed by atoms with E-state index < -0.39 is 5.97 Å². The largest absolute Gasteiger partial charge is 0.477 e. The standard InChI is InChI=1S/C12H16N2O2S/c15-12(16)11-10(8-3-4-8)13-9(17-11)7-14-5-1-2-6-14/h8H,1-7H2,(H,15,16). The van der Waals surface area contributed by atoms with Crippen molar-refractivity contribution in [2.45, 2.75) is 38.1 Å². The topological polar surface area (TPSA) is 53.4 Å². The minimum absolute atomic E-state index is 0.421. The van der Waals surface area contributed by atoms with Crippen LogP contribution >= 0.6 is 11.3 Å². The highest BCUT2D eigenvalue weighted by atomic mass is 32.1. The van der Waals surface area contributed by atoms with Crippen LogP contribution in [0.2, 0.25) is 0 Å². The molecule has 2 fully saturated rings. The molecule has 1 aliphatic heterocycles. The zero-order chi connectivity index (χ0) is 11.8. The van der Waals surface area contributed by atoms with Crippen LogP contribution in [0.25, 0.3) is 0 Å². The van der Waals surface area contributed by atoms with Crippen molar-refractivity contribution in [2.24, 2.45) is 0 Å². The highest BCUT2D eigenvalue weighted by Gasteiger charge is 2.32. The summed E-state index contributed by atoms with van der Waals surface area (Å²) in [5.74, 6) is -0.387. The molecule has 1 aromatic rings. The number of carbonyl (C=O) groups is 1. The molecular weight excluding hydrogens is 236 g/mol. The number of nitrogens with zero attached hydrogens (tertiary/aromatic N) is 2. The van der Waals surface area contributed by atoms with Crippen LogP contribution in [-0.2, 0) is 6.54 Å². The number of hydrogen-bond donors (Lipinski definition) is 1. The third kappa shape index (κ3) is 2.35. The Balaban J connectivity index is 1.79. The number of rotatable bonds is 4. The summed E-state index contributed by atoms with van der Waals surface area (Å²) < 4.78 is 0. The molecule has 1 aliphatic carbocycles. The zero-order valence-corrected chi connectivity index (χ0v) is 10.5. The Morgan fingerprint density at radius 2 is 2.12 bits per heavy atom. The van der Waals surface area contributed by atoms with Crippen LogP contribution < -0.4 is 0 Å². The van der Waals surface area contributed by atoms with Gasteiger partial charge in [0.15, 0.2) is 0 Å². The van der Waals surface area contributed by atoms with Crippen molar-refractivity contribution in [3.05, 3.63) is 15.6 Å². The van der Waals surface area contributed by atoms with Gasteiger partial charge in [-0.3, -0.25) is 4.90 Å². The zero-order valence-electron chi connectivity index (χ0n) is 9.69. The number of aromatic carboxylic acids is 1. The maximum Gasteiger partial charge on any atom is 0.347 e. The van der Waals surface area contributed by atoms with E-state index in [1.807, 2.05) is 0 Å². The smallest absolute Gasteiger partial charge is 0.347 e. The number of carboxylic acid groups (broad SMARTS) is 1. The molecule has 0 radical (unpaired) electrons. The predicted molar refractivity (Wildman–Crippen MR) is 65.6 cm³/mol. The number of aromatic nitrogens is 1. The molecule has 0 spiro atoms. The molecule has 2 heterocycles. The summed E-state index contributed by atoms with van der Waals surface area (Å²) in [6, 6.07) is 0. The number of carboxylic acids is 1. The number of thiazole rings is 1. The summed E-state index contributed by atoms with van der Waals surface area (Å²) >= 11 is 1.37. The fourth-order valence-corrected chi connectivity index (χ4v) is 3.40. The van der Waals surface area contributed by atoms with Gasteiger partial charge >= 0.3 is 5.97 Å². The van der Waals surface area contributed by atoms with Crippen LogP contribution in [0.15, 0.2) is 0 Å². The molecule has 5 heteroatoms. The summed E-state index contributed by atoms with van der Waals surface area (Å²) in [4.78, 5) is 18.6. The molecule has 1 aromatic heterocycles. The lowest BCUT2D eigenvalue weighted by atomic mass is 10.2. The van der Waals surface area contributed by atoms with Gasteiger partial charge in [0.2, 0.25) is 0 Å². The van der Waals surface area contributed by atoms with Gasteiger partial charge in [0, 0.05) is 5.92 Å². The Labute approximate surface area is 104 Å². The minimum atomic E-state index is -0.808. The second-order valence-corrected chi connectivity index (χ2v) is 5.97. The van der Waals surface area contributed by atoms with Gasteiger partial charge in [-0.15, -0.1) is 11.3 Å². The van der Waals surface area contributed by atoms with Gasteiger partial charge in [-0.25, -0.2) is 9.78 Å². The van der Waals surface area contributed by atoms with Crippen molar-refractivity contribution in [3.8, 4) is 0 Å². The molecule has 0 bridgehead atoms. The Kier molecular flexibility index (Phi) is 2.88. The molecule has 1 saturated carbocycles. The van der Waals surface area contributed by atoms with Gasteiger partial charge in [-0.1, -0.05) is 0 Å². The van der Waals surface area contributed by atoms with Gasteiger partial charge in [0.1, 0.15) is 9.88 Å². The van der Waals surface area contributed by atoms with Crippen molar-refractivity contribution in [1.29, 1.82) is 0 Å². The van der Waals surface area contributed by atoms with E-state index in [1.165, 1.54) is 24.2 Å². The van der Waals surface area contributed by atoms with Gasteiger partial charge in [-0.05, 0) is 38.8 Å². The molecule has 2 aliphatic rings. The van der Waals surface area contributed by atoms with Crippen molar-refractivity contribution >= 4 is 17.3 Å². The van der Waals surface area contributed by atoms with Crippen LogP contribution in [0.5, 0.6) is 0 Å². The lowest BCUT2D eigenvalue weighted by Gasteiger charge is -2.11. The molecule has 17 heavy (non-hydrogen) atoms. The lowest BCUT2D eigenvalue weighted by Crippen LogP contribution is -2.18. The van der Waals surface area contributed by atoms with Crippen LogP contribution in [-0.4, -0.2) is 34.0 Å². The van der Waals surface area contributed by atoms with E-state index in [0.717, 1.165) is 43.2 Å². The van der Waals surface area contributed by atoms with E-state index in [4.69, 9.17) is 0 Å². The second kappa shape index (κ2) is 4.38. The van der Waals surface area contributed by atoms with Crippen molar-refractivity contribution < 1.29 is 9.90 Å². The minimum Gasteiger partial charge on any atom is -0.477 e.